The van der Waals surface area contributed by atoms with Crippen molar-refractivity contribution in [3.05, 3.63) is 57.9 Å². The zero-order chi connectivity index (χ0) is 24.2. The van der Waals surface area contributed by atoms with Crippen molar-refractivity contribution in [1.82, 2.24) is 9.80 Å². The van der Waals surface area contributed by atoms with E-state index in [1.54, 1.807) is 6.92 Å². The first-order valence-electron chi connectivity index (χ1n) is 12.3. The van der Waals surface area contributed by atoms with Gasteiger partial charge in [-0.15, -0.1) is 0 Å². The van der Waals surface area contributed by atoms with E-state index in [1.165, 1.54) is 6.07 Å². The number of aliphatic hydroxyl groups is 1. The summed E-state index contributed by atoms with van der Waals surface area (Å²) in [7, 11) is 0. The summed E-state index contributed by atoms with van der Waals surface area (Å²) >= 11 is 6.52. The Labute approximate surface area is 207 Å². The molecule has 2 aliphatic rings. The lowest BCUT2D eigenvalue weighted by Gasteiger charge is -2.33. The monoisotopic (exact) mass is 490 g/mol. The third-order valence-corrected chi connectivity index (χ3v) is 6.86. The highest BCUT2D eigenvalue weighted by Gasteiger charge is 2.32. The van der Waals surface area contributed by atoms with E-state index in [2.05, 4.69) is 23.6 Å². The fourth-order valence-corrected chi connectivity index (χ4v) is 5.24. The van der Waals surface area contributed by atoms with E-state index in [1.807, 2.05) is 24.3 Å². The van der Waals surface area contributed by atoms with Crippen LogP contribution in [0.5, 0.6) is 11.5 Å². The first-order valence-corrected chi connectivity index (χ1v) is 12.7. The molecule has 2 aliphatic heterocycles. The Kier molecular flexibility index (Phi) is 8.35. The number of hydrogen-bond donors (Lipinski definition) is 1. The fraction of sp³-hybridized carbons (Fsp3) is 0.556. The summed E-state index contributed by atoms with van der Waals surface area (Å²) in [6.45, 7) is 11.2. The molecule has 34 heavy (non-hydrogen) atoms. The molecule has 1 fully saturated rings. The van der Waals surface area contributed by atoms with Crippen molar-refractivity contribution in [2.75, 3.05) is 32.8 Å². The molecule has 1 N–H and O–H groups in total. The number of aliphatic hydroxyl groups excluding tert-OH is 1. The summed E-state index contributed by atoms with van der Waals surface area (Å²) in [5.74, 6) is 1.68. The van der Waals surface area contributed by atoms with Crippen LogP contribution in [0.1, 0.15) is 43.4 Å². The van der Waals surface area contributed by atoms with Crippen LogP contribution in [0.2, 0.25) is 5.02 Å². The number of hydrogen-bond acceptors (Lipinski definition) is 5. The second-order valence-electron chi connectivity index (χ2n) is 10.1. The molecule has 2 heterocycles. The lowest BCUT2D eigenvalue weighted by Crippen LogP contribution is -2.43. The van der Waals surface area contributed by atoms with Crippen LogP contribution in [0.25, 0.3) is 0 Å². The minimum atomic E-state index is -0.558. The molecule has 0 radical (unpaired) electrons. The number of fused-ring (bicyclic) bond motifs is 1. The lowest BCUT2D eigenvalue weighted by atomic mass is 10.0. The molecule has 0 amide bonds. The van der Waals surface area contributed by atoms with E-state index >= 15 is 0 Å². The highest BCUT2D eigenvalue weighted by molar-refractivity contribution is 6.32. The maximum atomic E-state index is 13.6. The number of aryl methyl sites for hydroxylation is 1. The first-order chi connectivity index (χ1) is 16.3. The molecule has 186 valence electrons. The second-order valence-corrected chi connectivity index (χ2v) is 10.5. The average molecular weight is 491 g/mol. The van der Waals surface area contributed by atoms with Crippen molar-refractivity contribution in [1.29, 1.82) is 0 Å². The number of halogens is 2. The van der Waals surface area contributed by atoms with Crippen LogP contribution in [-0.4, -0.2) is 54.0 Å². The SMILES string of the molecule is Cc1cc(CN2CCC(C(O)N(Cc3cc(Cl)c4c(c3)OCCCO4)CC(C)C)C2)ccc1F. The topological polar surface area (TPSA) is 45.2 Å². The lowest BCUT2D eigenvalue weighted by molar-refractivity contribution is -0.0481. The molecule has 0 aromatic heterocycles. The maximum Gasteiger partial charge on any atom is 0.179 e. The van der Waals surface area contributed by atoms with E-state index in [-0.39, 0.29) is 11.7 Å². The third kappa shape index (κ3) is 6.22. The largest absolute Gasteiger partial charge is 0.489 e. The van der Waals surface area contributed by atoms with Gasteiger partial charge in [-0.1, -0.05) is 37.6 Å². The third-order valence-electron chi connectivity index (χ3n) is 6.58. The van der Waals surface area contributed by atoms with E-state index in [9.17, 15) is 9.50 Å². The number of ether oxygens (including phenoxy) is 2. The van der Waals surface area contributed by atoms with Gasteiger partial charge in [0.1, 0.15) is 12.0 Å². The van der Waals surface area contributed by atoms with Crippen molar-refractivity contribution in [2.24, 2.45) is 11.8 Å². The van der Waals surface area contributed by atoms with Crippen LogP contribution in [-0.2, 0) is 13.1 Å². The summed E-state index contributed by atoms with van der Waals surface area (Å²) in [5.41, 5.74) is 2.78. The molecule has 2 atom stereocenters. The summed E-state index contributed by atoms with van der Waals surface area (Å²) in [6, 6.07) is 9.22. The highest BCUT2D eigenvalue weighted by Crippen LogP contribution is 2.38. The van der Waals surface area contributed by atoms with Gasteiger partial charge in [-0.25, -0.2) is 4.39 Å². The quantitative estimate of drug-likeness (QED) is 0.512. The van der Waals surface area contributed by atoms with Crippen molar-refractivity contribution >= 4 is 11.6 Å². The van der Waals surface area contributed by atoms with Gasteiger partial charge < -0.3 is 14.6 Å². The minimum absolute atomic E-state index is 0.149. The molecule has 1 saturated heterocycles. The zero-order valence-electron chi connectivity index (χ0n) is 20.4. The van der Waals surface area contributed by atoms with Crippen LogP contribution in [0, 0.1) is 24.6 Å². The second kappa shape index (κ2) is 11.3. The van der Waals surface area contributed by atoms with E-state index < -0.39 is 6.23 Å². The van der Waals surface area contributed by atoms with Crippen LogP contribution in [0.3, 0.4) is 0 Å². The molecule has 0 aliphatic carbocycles. The Morgan fingerprint density at radius 1 is 1.18 bits per heavy atom. The van der Waals surface area contributed by atoms with Crippen molar-refractivity contribution in [3.8, 4) is 11.5 Å². The Hall–Kier alpha value is -1.86. The average Bonchev–Trinajstić information content (AvgIpc) is 3.11. The van der Waals surface area contributed by atoms with E-state index in [0.29, 0.717) is 47.8 Å². The molecule has 5 nitrogen and oxygen atoms in total. The van der Waals surface area contributed by atoms with E-state index in [4.69, 9.17) is 21.1 Å². The molecular weight excluding hydrogens is 455 g/mol. The normalized spacial score (nSPS) is 19.6. The molecule has 0 saturated carbocycles. The van der Waals surface area contributed by atoms with Gasteiger partial charge >= 0.3 is 0 Å². The van der Waals surface area contributed by atoms with Gasteiger partial charge in [0.25, 0.3) is 0 Å². The number of nitrogens with zero attached hydrogens (tertiary/aromatic N) is 2. The van der Waals surface area contributed by atoms with Crippen LogP contribution in [0.15, 0.2) is 30.3 Å². The van der Waals surface area contributed by atoms with Crippen molar-refractivity contribution < 1.29 is 19.0 Å². The van der Waals surface area contributed by atoms with Gasteiger partial charge in [0.05, 0.1) is 18.2 Å². The Bertz CT molecular complexity index is 987. The Balaban J connectivity index is 1.43. The standard InChI is InChI=1S/C27H36ClFN2O3/c1-18(2)14-31(16-21-12-23(28)26-25(13-21)33-9-4-10-34-26)27(32)22-7-8-30(17-22)15-20-5-6-24(29)19(3)11-20/h5-6,11-13,18,22,27,32H,4,7-10,14-17H2,1-3H3. The molecular formula is C27H36ClFN2O3. The molecule has 0 spiro atoms. The van der Waals surface area contributed by atoms with Gasteiger partial charge in [-0.05, 0) is 60.7 Å². The summed E-state index contributed by atoms with van der Waals surface area (Å²) in [6.07, 6.45) is 1.20. The van der Waals surface area contributed by atoms with Gasteiger partial charge in [0, 0.05) is 38.5 Å². The van der Waals surface area contributed by atoms with Crippen molar-refractivity contribution in [2.45, 2.75) is 52.9 Å². The van der Waals surface area contributed by atoms with Crippen molar-refractivity contribution in [3.63, 3.8) is 0 Å². The first kappa shape index (κ1) is 25.2. The van der Waals surface area contributed by atoms with Gasteiger partial charge in [0.2, 0.25) is 0 Å². The zero-order valence-corrected chi connectivity index (χ0v) is 21.2. The molecule has 0 bridgehead atoms. The Morgan fingerprint density at radius 2 is 1.97 bits per heavy atom. The molecule has 4 rings (SSSR count). The number of benzene rings is 2. The smallest absolute Gasteiger partial charge is 0.179 e. The fourth-order valence-electron chi connectivity index (χ4n) is 4.96. The number of likely N-dealkylation sites (tertiary alicyclic amines) is 1. The molecule has 2 aromatic carbocycles. The molecule has 2 unspecified atom stereocenters. The van der Waals surface area contributed by atoms with Crippen LogP contribution >= 0.6 is 11.6 Å². The molecule has 2 aromatic rings. The predicted molar refractivity (Wildman–Crippen MR) is 133 cm³/mol. The molecule has 7 heteroatoms. The summed E-state index contributed by atoms with van der Waals surface area (Å²) in [5, 5.41) is 11.9. The van der Waals surface area contributed by atoms with Gasteiger partial charge in [-0.2, -0.15) is 0 Å². The van der Waals surface area contributed by atoms with Crippen LogP contribution in [0.4, 0.5) is 4.39 Å². The summed E-state index contributed by atoms with van der Waals surface area (Å²) in [4.78, 5) is 4.50. The van der Waals surface area contributed by atoms with Gasteiger partial charge in [-0.3, -0.25) is 9.80 Å². The van der Waals surface area contributed by atoms with Crippen LogP contribution < -0.4 is 9.47 Å². The summed E-state index contributed by atoms with van der Waals surface area (Å²) < 4.78 is 25.2. The predicted octanol–water partition coefficient (Wildman–Crippen LogP) is 5.25. The van der Waals surface area contributed by atoms with Gasteiger partial charge in [0.15, 0.2) is 11.5 Å². The number of rotatable bonds is 8. The Morgan fingerprint density at radius 3 is 2.74 bits per heavy atom. The maximum absolute atomic E-state index is 13.6. The highest BCUT2D eigenvalue weighted by atomic mass is 35.5. The van der Waals surface area contributed by atoms with E-state index in [0.717, 1.165) is 50.1 Å². The minimum Gasteiger partial charge on any atom is -0.489 e.